The van der Waals surface area contributed by atoms with Gasteiger partial charge in [0.2, 0.25) is 0 Å². The Bertz CT molecular complexity index is 1090. The molecule has 1 saturated heterocycles. The average molecular weight is 408 g/mol. The van der Waals surface area contributed by atoms with Crippen LogP contribution in [-0.2, 0) is 0 Å². The lowest BCUT2D eigenvalue weighted by Gasteiger charge is -2.21. The molecule has 5 heteroatoms. The minimum absolute atomic E-state index is 0.0457. The fraction of sp³-hybridized carbons (Fsp3) is 0.400. The Morgan fingerprint density at radius 1 is 1.07 bits per heavy atom. The molecule has 0 spiro atoms. The van der Waals surface area contributed by atoms with Crippen LogP contribution >= 0.6 is 0 Å². The van der Waals surface area contributed by atoms with Gasteiger partial charge < -0.3 is 19.2 Å². The number of aliphatic hydroxyl groups excluding tert-OH is 1. The van der Waals surface area contributed by atoms with E-state index in [0.29, 0.717) is 23.3 Å². The lowest BCUT2D eigenvalue weighted by atomic mass is 10.0. The summed E-state index contributed by atoms with van der Waals surface area (Å²) >= 11 is 0. The van der Waals surface area contributed by atoms with Crippen LogP contribution < -0.4 is 10.2 Å². The SMILES string of the molecule is Cc1ccc2oc(-c3cc(C)c(OCC(O)CN4CCCC4)c(C)c3)cc(=O)c2c1. The van der Waals surface area contributed by atoms with Crippen molar-refractivity contribution in [2.75, 3.05) is 26.2 Å². The summed E-state index contributed by atoms with van der Waals surface area (Å²) in [4.78, 5) is 14.8. The van der Waals surface area contributed by atoms with Crippen LogP contribution in [0.25, 0.3) is 22.3 Å². The van der Waals surface area contributed by atoms with Crippen LogP contribution in [-0.4, -0.2) is 42.4 Å². The third-order valence-electron chi connectivity index (χ3n) is 5.72. The van der Waals surface area contributed by atoms with Crippen LogP contribution in [0.5, 0.6) is 5.75 Å². The van der Waals surface area contributed by atoms with E-state index in [0.717, 1.165) is 41.1 Å². The van der Waals surface area contributed by atoms with E-state index in [-0.39, 0.29) is 12.0 Å². The summed E-state index contributed by atoms with van der Waals surface area (Å²) in [7, 11) is 0. The number of rotatable bonds is 6. The van der Waals surface area contributed by atoms with Crippen molar-refractivity contribution in [1.29, 1.82) is 0 Å². The molecular formula is C25H29NO4. The fourth-order valence-electron chi connectivity index (χ4n) is 4.23. The van der Waals surface area contributed by atoms with Gasteiger partial charge in [0.15, 0.2) is 5.43 Å². The smallest absolute Gasteiger partial charge is 0.193 e. The number of likely N-dealkylation sites (tertiary alicyclic amines) is 1. The quantitative estimate of drug-likeness (QED) is 0.663. The highest BCUT2D eigenvalue weighted by Crippen LogP contribution is 2.31. The van der Waals surface area contributed by atoms with Gasteiger partial charge >= 0.3 is 0 Å². The third-order valence-corrected chi connectivity index (χ3v) is 5.72. The highest BCUT2D eigenvalue weighted by atomic mass is 16.5. The van der Waals surface area contributed by atoms with Crippen molar-refractivity contribution in [1.82, 2.24) is 4.90 Å². The highest BCUT2D eigenvalue weighted by molar-refractivity contribution is 5.79. The van der Waals surface area contributed by atoms with Crippen molar-refractivity contribution in [3.63, 3.8) is 0 Å². The highest BCUT2D eigenvalue weighted by Gasteiger charge is 2.17. The summed E-state index contributed by atoms with van der Waals surface area (Å²) in [6.07, 6.45) is 1.90. The first-order valence-corrected chi connectivity index (χ1v) is 10.6. The molecule has 1 atom stereocenters. The van der Waals surface area contributed by atoms with E-state index < -0.39 is 6.10 Å². The van der Waals surface area contributed by atoms with Crippen LogP contribution in [0.1, 0.15) is 29.5 Å². The zero-order valence-electron chi connectivity index (χ0n) is 17.9. The molecule has 1 N–H and O–H groups in total. The van der Waals surface area contributed by atoms with Gasteiger partial charge in [-0.05, 0) is 82.1 Å². The summed E-state index contributed by atoms with van der Waals surface area (Å²) in [5, 5.41) is 10.9. The van der Waals surface area contributed by atoms with Gasteiger partial charge in [0.1, 0.15) is 29.8 Å². The number of hydrogen-bond acceptors (Lipinski definition) is 5. The maximum atomic E-state index is 12.6. The largest absolute Gasteiger partial charge is 0.490 e. The number of fused-ring (bicyclic) bond motifs is 1. The molecule has 4 rings (SSSR count). The summed E-state index contributed by atoms with van der Waals surface area (Å²) < 4.78 is 12.0. The van der Waals surface area contributed by atoms with Crippen LogP contribution in [0.4, 0.5) is 0 Å². The van der Waals surface area contributed by atoms with E-state index in [9.17, 15) is 9.90 Å². The third kappa shape index (κ3) is 4.42. The van der Waals surface area contributed by atoms with Crippen molar-refractivity contribution in [3.05, 3.63) is 63.3 Å². The first-order chi connectivity index (χ1) is 14.4. The molecule has 1 fully saturated rings. The standard InChI is InChI=1S/C25H29NO4/c1-16-6-7-23-21(10-16)22(28)13-24(30-23)19-11-17(2)25(18(3)12-19)29-15-20(27)14-26-8-4-5-9-26/h6-7,10-13,20,27H,4-5,8-9,14-15H2,1-3H3. The minimum atomic E-state index is -0.511. The van der Waals surface area contributed by atoms with Crippen LogP contribution in [0.2, 0.25) is 0 Å². The Morgan fingerprint density at radius 2 is 1.77 bits per heavy atom. The molecule has 0 amide bonds. The first kappa shape index (κ1) is 20.6. The van der Waals surface area contributed by atoms with Gasteiger partial charge in [0.25, 0.3) is 0 Å². The van der Waals surface area contributed by atoms with Crippen molar-refractivity contribution in [3.8, 4) is 17.1 Å². The summed E-state index contributed by atoms with van der Waals surface area (Å²) in [6, 6.07) is 11.1. The second kappa shape index (κ2) is 8.62. The number of ether oxygens (including phenoxy) is 1. The zero-order chi connectivity index (χ0) is 21.3. The minimum Gasteiger partial charge on any atom is -0.490 e. The molecule has 3 aromatic rings. The van der Waals surface area contributed by atoms with Gasteiger partial charge in [-0.15, -0.1) is 0 Å². The van der Waals surface area contributed by atoms with E-state index in [2.05, 4.69) is 4.90 Å². The average Bonchev–Trinajstić information content (AvgIpc) is 3.20. The maximum absolute atomic E-state index is 12.6. The zero-order valence-corrected chi connectivity index (χ0v) is 17.9. The van der Waals surface area contributed by atoms with E-state index >= 15 is 0 Å². The normalized spacial score (nSPS) is 15.6. The Labute approximate surface area is 176 Å². The number of nitrogens with zero attached hydrogens (tertiary/aromatic N) is 1. The Kier molecular flexibility index (Phi) is 5.93. The second-order valence-electron chi connectivity index (χ2n) is 8.39. The molecule has 30 heavy (non-hydrogen) atoms. The number of aliphatic hydroxyl groups is 1. The molecule has 1 aliphatic heterocycles. The van der Waals surface area contributed by atoms with Gasteiger partial charge in [-0.25, -0.2) is 0 Å². The monoisotopic (exact) mass is 407 g/mol. The van der Waals surface area contributed by atoms with Crippen LogP contribution in [0.15, 0.2) is 45.6 Å². The van der Waals surface area contributed by atoms with Crippen LogP contribution in [0, 0.1) is 20.8 Å². The Balaban J connectivity index is 1.54. The maximum Gasteiger partial charge on any atom is 0.193 e. The van der Waals surface area contributed by atoms with Gasteiger partial charge in [-0.3, -0.25) is 4.79 Å². The van der Waals surface area contributed by atoms with Crippen LogP contribution in [0.3, 0.4) is 0 Å². The lowest BCUT2D eigenvalue weighted by molar-refractivity contribution is 0.0753. The number of β-amino-alcohol motifs (C(OH)–C–C–N with tert-alkyl or cyclic N) is 1. The van der Waals surface area contributed by atoms with E-state index in [1.54, 1.807) is 6.07 Å². The molecule has 2 heterocycles. The van der Waals surface area contributed by atoms with E-state index in [1.165, 1.54) is 12.8 Å². The molecule has 1 unspecified atom stereocenters. The van der Waals surface area contributed by atoms with Crippen molar-refractivity contribution in [2.24, 2.45) is 0 Å². The number of benzene rings is 2. The Morgan fingerprint density at radius 3 is 2.47 bits per heavy atom. The summed E-state index contributed by atoms with van der Waals surface area (Å²) in [6.45, 7) is 8.93. The molecule has 0 aliphatic carbocycles. The molecule has 1 aliphatic rings. The molecule has 1 aromatic heterocycles. The topological polar surface area (TPSA) is 62.9 Å². The van der Waals surface area contributed by atoms with Crippen molar-refractivity contribution >= 4 is 11.0 Å². The molecule has 0 radical (unpaired) electrons. The molecule has 5 nitrogen and oxygen atoms in total. The molecule has 2 aromatic carbocycles. The predicted molar refractivity (Wildman–Crippen MR) is 119 cm³/mol. The van der Waals surface area contributed by atoms with E-state index in [1.807, 2.05) is 51.1 Å². The first-order valence-electron chi connectivity index (χ1n) is 10.6. The number of hydrogen-bond donors (Lipinski definition) is 1. The summed E-state index contributed by atoms with van der Waals surface area (Å²) in [5.74, 6) is 1.32. The van der Waals surface area contributed by atoms with Crippen molar-refractivity contribution < 1.29 is 14.3 Å². The van der Waals surface area contributed by atoms with Gasteiger partial charge in [0, 0.05) is 18.2 Å². The van der Waals surface area contributed by atoms with Gasteiger partial charge in [-0.2, -0.15) is 0 Å². The van der Waals surface area contributed by atoms with E-state index in [4.69, 9.17) is 9.15 Å². The molecule has 158 valence electrons. The molecule has 0 saturated carbocycles. The Hall–Kier alpha value is -2.63. The molecule has 0 bridgehead atoms. The lowest BCUT2D eigenvalue weighted by Crippen LogP contribution is -2.33. The van der Waals surface area contributed by atoms with Gasteiger partial charge in [0.05, 0.1) is 5.39 Å². The molecular weight excluding hydrogens is 378 g/mol. The number of aryl methyl sites for hydroxylation is 3. The van der Waals surface area contributed by atoms with Crippen molar-refractivity contribution in [2.45, 2.75) is 39.7 Å². The fourth-order valence-corrected chi connectivity index (χ4v) is 4.23. The van der Waals surface area contributed by atoms with Gasteiger partial charge in [-0.1, -0.05) is 11.6 Å². The predicted octanol–water partition coefficient (Wildman–Crippen LogP) is 4.22. The summed E-state index contributed by atoms with van der Waals surface area (Å²) in [5.41, 5.74) is 4.31. The second-order valence-corrected chi connectivity index (χ2v) is 8.39.